The Morgan fingerprint density at radius 3 is 2.14 bits per heavy atom. The van der Waals surface area contributed by atoms with Crippen molar-refractivity contribution in [2.45, 2.75) is 65.1 Å². The second kappa shape index (κ2) is 15.9. The molecular formula is C17H28O5. The van der Waals surface area contributed by atoms with Crippen molar-refractivity contribution in [2.24, 2.45) is 0 Å². The highest BCUT2D eigenvalue weighted by Crippen LogP contribution is 2.07. The lowest BCUT2D eigenvalue weighted by Gasteiger charge is -2.15. The number of ether oxygens (including phenoxy) is 1. The summed E-state index contributed by atoms with van der Waals surface area (Å²) >= 11 is 0. The summed E-state index contributed by atoms with van der Waals surface area (Å²) < 4.78 is 5.45. The van der Waals surface area contributed by atoms with Gasteiger partial charge in [-0.15, -0.1) is 0 Å². The van der Waals surface area contributed by atoms with Crippen LogP contribution in [0.15, 0.2) is 24.3 Å². The smallest absolute Gasteiger partial charge is 0.339 e. The zero-order valence-corrected chi connectivity index (χ0v) is 13.7. The van der Waals surface area contributed by atoms with Crippen molar-refractivity contribution < 1.29 is 24.1 Å². The van der Waals surface area contributed by atoms with Crippen LogP contribution in [-0.2, 0) is 24.1 Å². The van der Waals surface area contributed by atoms with Gasteiger partial charge in [0.1, 0.15) is 6.29 Å². The molecule has 5 nitrogen and oxygen atoms in total. The van der Waals surface area contributed by atoms with E-state index < -0.39 is 12.3 Å². The molecule has 0 saturated carbocycles. The van der Waals surface area contributed by atoms with Gasteiger partial charge in [-0.25, -0.2) is 4.79 Å². The maximum Gasteiger partial charge on any atom is 0.339 e. The average molecular weight is 312 g/mol. The maximum atomic E-state index is 10.7. The van der Waals surface area contributed by atoms with E-state index >= 15 is 0 Å². The normalized spacial score (nSPS) is 12.8. The molecule has 0 aliphatic carbocycles. The summed E-state index contributed by atoms with van der Waals surface area (Å²) in [5.74, 6) is -0.484. The lowest BCUT2D eigenvalue weighted by atomic mass is 10.2. The number of carbonyl (C=O) groups is 2. The van der Waals surface area contributed by atoms with Crippen molar-refractivity contribution in [3.8, 4) is 0 Å². The van der Waals surface area contributed by atoms with Gasteiger partial charge in [0.2, 0.25) is 6.29 Å². The van der Waals surface area contributed by atoms with Gasteiger partial charge in [0, 0.05) is 26.4 Å². The number of unbranched alkanes of at least 4 members (excludes halogenated alkanes) is 2. The highest BCUT2D eigenvalue weighted by molar-refractivity contribution is 5.65. The van der Waals surface area contributed by atoms with Crippen LogP contribution in [0.1, 0.15) is 58.8 Å². The average Bonchev–Trinajstić information content (AvgIpc) is 2.50. The number of hydrogen-bond acceptors (Lipinski definition) is 5. The maximum absolute atomic E-state index is 10.7. The number of aldehydes is 1. The van der Waals surface area contributed by atoms with Gasteiger partial charge in [-0.1, -0.05) is 31.2 Å². The first kappa shape index (κ1) is 20.5. The Morgan fingerprint density at radius 1 is 1.00 bits per heavy atom. The monoisotopic (exact) mass is 312 g/mol. The third-order valence-electron chi connectivity index (χ3n) is 2.63. The molecule has 0 rings (SSSR count). The summed E-state index contributed by atoms with van der Waals surface area (Å²) in [7, 11) is 0. The van der Waals surface area contributed by atoms with Crippen LogP contribution in [0.4, 0.5) is 0 Å². The van der Waals surface area contributed by atoms with Gasteiger partial charge in [0.15, 0.2) is 0 Å². The van der Waals surface area contributed by atoms with Crippen LogP contribution in [0.2, 0.25) is 0 Å². The molecule has 0 radical (unpaired) electrons. The zero-order valence-electron chi connectivity index (χ0n) is 13.7. The highest BCUT2D eigenvalue weighted by Gasteiger charge is 2.11. The minimum atomic E-state index is -0.517. The third kappa shape index (κ3) is 14.9. The lowest BCUT2D eigenvalue weighted by molar-refractivity contribution is -0.352. The summed E-state index contributed by atoms with van der Waals surface area (Å²) in [6, 6.07) is 0. The van der Waals surface area contributed by atoms with Gasteiger partial charge >= 0.3 is 5.97 Å². The van der Waals surface area contributed by atoms with Crippen molar-refractivity contribution in [3.63, 3.8) is 0 Å². The Morgan fingerprint density at radius 2 is 1.59 bits per heavy atom. The molecule has 0 aromatic rings. The predicted octanol–water partition coefficient (Wildman–Crippen LogP) is 3.89. The van der Waals surface area contributed by atoms with E-state index in [0.717, 1.165) is 38.4 Å². The van der Waals surface area contributed by atoms with Crippen LogP contribution in [0.5, 0.6) is 0 Å². The second-order valence-electron chi connectivity index (χ2n) is 4.81. The van der Waals surface area contributed by atoms with Crippen molar-refractivity contribution in [3.05, 3.63) is 24.3 Å². The van der Waals surface area contributed by atoms with Gasteiger partial charge in [0.05, 0.1) is 0 Å². The van der Waals surface area contributed by atoms with E-state index in [1.807, 2.05) is 13.0 Å². The molecule has 0 saturated heterocycles. The summed E-state index contributed by atoms with van der Waals surface area (Å²) in [4.78, 5) is 30.3. The Kier molecular flexibility index (Phi) is 14.9. The summed E-state index contributed by atoms with van der Waals surface area (Å²) in [5.41, 5.74) is 0. The molecule has 0 aromatic carbocycles. The van der Waals surface area contributed by atoms with Crippen LogP contribution >= 0.6 is 0 Å². The molecule has 0 spiro atoms. The fourth-order valence-electron chi connectivity index (χ4n) is 1.59. The van der Waals surface area contributed by atoms with Crippen LogP contribution in [0.25, 0.3) is 0 Å². The van der Waals surface area contributed by atoms with Gasteiger partial charge in [0.25, 0.3) is 0 Å². The Hall–Kier alpha value is -1.46. The van der Waals surface area contributed by atoms with E-state index in [1.165, 1.54) is 6.92 Å². The molecule has 0 fully saturated rings. The SMILES string of the molecule is CCCOC(CCC=CCCC=CCCC=O)OOC(C)=O. The van der Waals surface area contributed by atoms with Gasteiger partial charge in [-0.2, -0.15) is 4.89 Å². The summed E-state index contributed by atoms with van der Waals surface area (Å²) in [6.45, 7) is 3.87. The van der Waals surface area contributed by atoms with E-state index in [0.29, 0.717) is 19.4 Å². The topological polar surface area (TPSA) is 61.8 Å². The summed E-state index contributed by atoms with van der Waals surface area (Å²) in [6.07, 6.45) is 14.4. The van der Waals surface area contributed by atoms with Gasteiger partial charge < -0.3 is 9.53 Å². The second-order valence-corrected chi connectivity index (χ2v) is 4.81. The predicted molar refractivity (Wildman–Crippen MR) is 84.9 cm³/mol. The van der Waals surface area contributed by atoms with Crippen molar-refractivity contribution in [1.82, 2.24) is 0 Å². The van der Waals surface area contributed by atoms with Crippen LogP contribution in [0.3, 0.4) is 0 Å². The number of allylic oxidation sites excluding steroid dienone is 4. The van der Waals surface area contributed by atoms with E-state index in [4.69, 9.17) is 9.62 Å². The molecule has 0 N–H and O–H groups in total. The van der Waals surface area contributed by atoms with Crippen LogP contribution < -0.4 is 0 Å². The van der Waals surface area contributed by atoms with E-state index in [9.17, 15) is 9.59 Å². The Bertz CT molecular complexity index is 336. The quantitative estimate of drug-likeness (QED) is 0.122. The molecule has 5 heteroatoms. The first-order valence-corrected chi connectivity index (χ1v) is 7.89. The van der Waals surface area contributed by atoms with E-state index in [2.05, 4.69) is 23.1 Å². The molecule has 22 heavy (non-hydrogen) atoms. The lowest BCUT2D eigenvalue weighted by Crippen LogP contribution is -2.19. The fourth-order valence-corrected chi connectivity index (χ4v) is 1.59. The number of rotatable bonds is 14. The molecular weight excluding hydrogens is 284 g/mol. The van der Waals surface area contributed by atoms with E-state index in [1.54, 1.807) is 0 Å². The van der Waals surface area contributed by atoms with Crippen molar-refractivity contribution in [1.29, 1.82) is 0 Å². The molecule has 1 atom stereocenters. The van der Waals surface area contributed by atoms with E-state index in [-0.39, 0.29) is 0 Å². The molecule has 0 amide bonds. The molecule has 0 heterocycles. The van der Waals surface area contributed by atoms with Gasteiger partial charge in [-0.3, -0.25) is 4.89 Å². The third-order valence-corrected chi connectivity index (χ3v) is 2.63. The molecule has 126 valence electrons. The number of hydrogen-bond donors (Lipinski definition) is 0. The van der Waals surface area contributed by atoms with Crippen LogP contribution in [-0.4, -0.2) is 25.2 Å². The number of carbonyl (C=O) groups excluding carboxylic acids is 2. The molecule has 0 aromatic heterocycles. The molecule has 1 unspecified atom stereocenters. The molecule has 0 bridgehead atoms. The largest absolute Gasteiger partial charge is 0.349 e. The molecule has 0 aliphatic heterocycles. The Labute approximate surface area is 133 Å². The first-order valence-electron chi connectivity index (χ1n) is 7.89. The zero-order chi connectivity index (χ0) is 16.5. The first-order chi connectivity index (χ1) is 10.7. The standard InChI is InChI=1S/C17H28O5/c1-3-15-20-17(22-21-16(2)19)13-11-9-7-5-4-6-8-10-12-14-18/h6-9,14,17H,3-5,10-13,15H2,1-2H3. The fraction of sp³-hybridized carbons (Fsp3) is 0.647. The highest BCUT2D eigenvalue weighted by atomic mass is 17.2. The van der Waals surface area contributed by atoms with Crippen LogP contribution in [0, 0.1) is 0 Å². The molecule has 0 aliphatic rings. The van der Waals surface area contributed by atoms with Gasteiger partial charge in [-0.05, 0) is 32.1 Å². The summed E-state index contributed by atoms with van der Waals surface area (Å²) in [5, 5.41) is 0. The minimum Gasteiger partial charge on any atom is -0.349 e. The van der Waals surface area contributed by atoms with Crippen molar-refractivity contribution in [2.75, 3.05) is 6.61 Å². The van der Waals surface area contributed by atoms with Crippen molar-refractivity contribution >= 4 is 12.3 Å². The minimum absolute atomic E-state index is 0.484. The Balaban J connectivity index is 3.75.